The van der Waals surface area contributed by atoms with E-state index >= 15 is 0 Å². The summed E-state index contributed by atoms with van der Waals surface area (Å²) in [6.07, 6.45) is 1.77. The number of aryl methyl sites for hydroxylation is 1. The van der Waals surface area contributed by atoms with Gasteiger partial charge in [-0.25, -0.2) is 0 Å². The van der Waals surface area contributed by atoms with Crippen LogP contribution in [-0.4, -0.2) is 26.8 Å². The second-order valence-electron chi connectivity index (χ2n) is 4.90. The monoisotopic (exact) mass is 298 g/mol. The number of nitrogens with zero attached hydrogens (tertiary/aromatic N) is 4. The SMILES string of the molecule is COc1nn(Cc2ccc(C)nc2)c2cccc([N+](=O)[O-])c12. The zero-order chi connectivity index (χ0) is 15.7. The quantitative estimate of drug-likeness (QED) is 0.546. The number of fused-ring (bicyclic) bond motifs is 1. The van der Waals surface area contributed by atoms with Crippen molar-refractivity contribution in [2.24, 2.45) is 0 Å². The molecule has 112 valence electrons. The molecular formula is C15H14N4O3. The lowest BCUT2D eigenvalue weighted by atomic mass is 10.2. The van der Waals surface area contributed by atoms with Gasteiger partial charge in [0.05, 0.1) is 24.1 Å². The molecule has 2 heterocycles. The Morgan fingerprint density at radius 2 is 2.14 bits per heavy atom. The zero-order valence-corrected chi connectivity index (χ0v) is 12.2. The standard InChI is InChI=1S/C15H14N4O3/c1-10-6-7-11(8-16-10)9-18-12-4-3-5-13(19(20)21)14(12)15(17-18)22-2/h3-8H,9H2,1-2H3. The van der Waals surface area contributed by atoms with Crippen LogP contribution in [0.15, 0.2) is 36.5 Å². The number of methoxy groups -OCH3 is 1. The van der Waals surface area contributed by atoms with Crippen LogP contribution in [0.1, 0.15) is 11.3 Å². The predicted molar refractivity (Wildman–Crippen MR) is 81.0 cm³/mol. The number of hydrogen-bond donors (Lipinski definition) is 0. The molecule has 22 heavy (non-hydrogen) atoms. The molecule has 0 radical (unpaired) electrons. The Balaban J connectivity index is 2.12. The molecule has 2 aromatic heterocycles. The van der Waals surface area contributed by atoms with E-state index < -0.39 is 4.92 Å². The molecule has 7 nitrogen and oxygen atoms in total. The minimum absolute atomic E-state index is 0.0115. The third-order valence-electron chi connectivity index (χ3n) is 3.42. The van der Waals surface area contributed by atoms with Crippen LogP contribution in [0.25, 0.3) is 10.9 Å². The number of non-ortho nitro benzene ring substituents is 1. The number of ether oxygens (including phenoxy) is 1. The Morgan fingerprint density at radius 1 is 1.32 bits per heavy atom. The molecule has 1 aromatic carbocycles. The number of benzene rings is 1. The van der Waals surface area contributed by atoms with Crippen LogP contribution in [0.5, 0.6) is 5.88 Å². The van der Waals surface area contributed by atoms with Crippen LogP contribution in [0.4, 0.5) is 5.69 Å². The van der Waals surface area contributed by atoms with Gasteiger partial charge in [0.15, 0.2) is 0 Å². The number of nitro benzene ring substituents is 1. The Morgan fingerprint density at radius 3 is 2.77 bits per heavy atom. The van der Waals surface area contributed by atoms with Gasteiger partial charge in [0.2, 0.25) is 5.88 Å². The average molecular weight is 298 g/mol. The molecular weight excluding hydrogens is 284 g/mol. The fraction of sp³-hybridized carbons (Fsp3) is 0.200. The first-order valence-corrected chi connectivity index (χ1v) is 6.69. The summed E-state index contributed by atoms with van der Waals surface area (Å²) in [5, 5.41) is 15.9. The van der Waals surface area contributed by atoms with Gasteiger partial charge in [0.1, 0.15) is 5.39 Å². The summed E-state index contributed by atoms with van der Waals surface area (Å²) in [5.41, 5.74) is 2.54. The highest BCUT2D eigenvalue weighted by Gasteiger charge is 2.21. The maximum atomic E-state index is 11.2. The molecule has 0 aliphatic carbocycles. The van der Waals surface area contributed by atoms with Crippen LogP contribution in [0.2, 0.25) is 0 Å². The van der Waals surface area contributed by atoms with Crippen molar-refractivity contribution >= 4 is 16.6 Å². The summed E-state index contributed by atoms with van der Waals surface area (Å²) >= 11 is 0. The third-order valence-corrected chi connectivity index (χ3v) is 3.42. The van der Waals surface area contributed by atoms with Crippen LogP contribution in [-0.2, 0) is 6.54 Å². The number of aromatic nitrogens is 3. The molecule has 0 aliphatic rings. The van der Waals surface area contributed by atoms with Crippen LogP contribution < -0.4 is 4.74 Å². The Hall–Kier alpha value is -2.96. The second kappa shape index (κ2) is 5.44. The topological polar surface area (TPSA) is 83.1 Å². The summed E-state index contributed by atoms with van der Waals surface area (Å²) < 4.78 is 6.89. The number of nitro groups is 1. The van der Waals surface area contributed by atoms with Gasteiger partial charge < -0.3 is 4.74 Å². The lowest BCUT2D eigenvalue weighted by Crippen LogP contribution is -2.02. The van der Waals surface area contributed by atoms with Crippen molar-refractivity contribution in [1.82, 2.24) is 14.8 Å². The van der Waals surface area contributed by atoms with E-state index in [4.69, 9.17) is 4.74 Å². The van der Waals surface area contributed by atoms with E-state index in [1.165, 1.54) is 13.2 Å². The van der Waals surface area contributed by atoms with Crippen molar-refractivity contribution in [3.63, 3.8) is 0 Å². The van der Waals surface area contributed by atoms with Crippen molar-refractivity contribution in [1.29, 1.82) is 0 Å². The zero-order valence-electron chi connectivity index (χ0n) is 12.2. The van der Waals surface area contributed by atoms with E-state index in [1.54, 1.807) is 23.0 Å². The van der Waals surface area contributed by atoms with Crippen molar-refractivity contribution in [2.75, 3.05) is 7.11 Å². The van der Waals surface area contributed by atoms with Gasteiger partial charge in [-0.05, 0) is 24.6 Å². The van der Waals surface area contributed by atoms with Gasteiger partial charge in [-0.3, -0.25) is 19.8 Å². The second-order valence-corrected chi connectivity index (χ2v) is 4.90. The third kappa shape index (κ3) is 2.37. The van der Waals surface area contributed by atoms with Gasteiger partial charge in [0.25, 0.3) is 5.69 Å². The lowest BCUT2D eigenvalue weighted by molar-refractivity contribution is -0.383. The molecule has 0 amide bonds. The number of rotatable bonds is 4. The average Bonchev–Trinajstić information content (AvgIpc) is 2.87. The number of hydrogen-bond acceptors (Lipinski definition) is 5. The first kappa shape index (κ1) is 14.0. The predicted octanol–water partition coefficient (Wildman–Crippen LogP) is 2.70. The highest BCUT2D eigenvalue weighted by Crippen LogP contribution is 2.33. The maximum absolute atomic E-state index is 11.2. The highest BCUT2D eigenvalue weighted by molar-refractivity contribution is 5.93. The van der Waals surface area contributed by atoms with E-state index in [2.05, 4.69) is 10.1 Å². The van der Waals surface area contributed by atoms with E-state index in [9.17, 15) is 10.1 Å². The van der Waals surface area contributed by atoms with Crippen LogP contribution in [0, 0.1) is 17.0 Å². The van der Waals surface area contributed by atoms with Gasteiger partial charge in [-0.1, -0.05) is 12.1 Å². The molecule has 0 bridgehead atoms. The molecule has 0 N–H and O–H groups in total. The molecule has 0 saturated carbocycles. The van der Waals surface area contributed by atoms with Gasteiger partial charge in [-0.15, -0.1) is 5.10 Å². The van der Waals surface area contributed by atoms with Crippen LogP contribution >= 0.6 is 0 Å². The summed E-state index contributed by atoms with van der Waals surface area (Å²) in [6.45, 7) is 2.38. The summed E-state index contributed by atoms with van der Waals surface area (Å²) in [5.74, 6) is 0.252. The van der Waals surface area contributed by atoms with Gasteiger partial charge in [0, 0.05) is 18.0 Å². The van der Waals surface area contributed by atoms with Crippen LogP contribution in [0.3, 0.4) is 0 Å². The van der Waals surface area contributed by atoms with E-state index in [0.29, 0.717) is 17.4 Å². The van der Waals surface area contributed by atoms with Crippen molar-refractivity contribution < 1.29 is 9.66 Å². The molecule has 0 atom stereocenters. The molecule has 0 fully saturated rings. The maximum Gasteiger partial charge on any atom is 0.284 e. The summed E-state index contributed by atoms with van der Waals surface area (Å²) in [4.78, 5) is 15.0. The van der Waals surface area contributed by atoms with E-state index in [1.807, 2.05) is 19.1 Å². The molecule has 7 heteroatoms. The minimum atomic E-state index is -0.426. The normalized spacial score (nSPS) is 10.8. The lowest BCUT2D eigenvalue weighted by Gasteiger charge is -2.03. The smallest absolute Gasteiger partial charge is 0.284 e. The van der Waals surface area contributed by atoms with E-state index in [-0.39, 0.29) is 11.6 Å². The Bertz CT molecular complexity index is 840. The molecule has 0 saturated heterocycles. The molecule has 3 aromatic rings. The first-order valence-electron chi connectivity index (χ1n) is 6.69. The summed E-state index contributed by atoms with van der Waals surface area (Å²) in [7, 11) is 1.45. The van der Waals surface area contributed by atoms with Crippen molar-refractivity contribution in [3.8, 4) is 5.88 Å². The molecule has 0 aliphatic heterocycles. The van der Waals surface area contributed by atoms with Crippen molar-refractivity contribution in [2.45, 2.75) is 13.5 Å². The fourth-order valence-corrected chi connectivity index (χ4v) is 2.36. The number of pyridine rings is 1. The highest BCUT2D eigenvalue weighted by atomic mass is 16.6. The Kier molecular flexibility index (Phi) is 3.46. The van der Waals surface area contributed by atoms with Gasteiger partial charge >= 0.3 is 0 Å². The van der Waals surface area contributed by atoms with Crippen molar-refractivity contribution in [3.05, 3.63) is 57.9 Å². The molecule has 3 rings (SSSR count). The summed E-state index contributed by atoms with van der Waals surface area (Å²) in [6, 6.07) is 8.76. The fourth-order valence-electron chi connectivity index (χ4n) is 2.36. The Labute approximate surface area is 126 Å². The van der Waals surface area contributed by atoms with Gasteiger partial charge in [-0.2, -0.15) is 0 Å². The minimum Gasteiger partial charge on any atom is -0.479 e. The largest absolute Gasteiger partial charge is 0.479 e. The first-order chi connectivity index (χ1) is 10.6. The molecule has 0 spiro atoms. The molecule has 0 unspecified atom stereocenters. The van der Waals surface area contributed by atoms with E-state index in [0.717, 1.165) is 11.3 Å².